The minimum atomic E-state index is -5.07. The molecule has 4 nitrogen and oxygen atoms in total. The summed E-state index contributed by atoms with van der Waals surface area (Å²) in [4.78, 5) is 5.52. The summed E-state index contributed by atoms with van der Waals surface area (Å²) < 4.78 is 75.0. The van der Waals surface area contributed by atoms with Crippen molar-refractivity contribution in [2.45, 2.75) is 19.3 Å². The van der Waals surface area contributed by atoms with E-state index in [0.717, 1.165) is 0 Å². The molecule has 0 aliphatic rings. The molecule has 10 heteroatoms. The summed E-state index contributed by atoms with van der Waals surface area (Å²) in [5.41, 5.74) is -2.36. The van der Waals surface area contributed by atoms with Gasteiger partial charge in [0.2, 0.25) is 5.82 Å². The van der Waals surface area contributed by atoms with Crippen LogP contribution in [0.1, 0.15) is 17.2 Å². The van der Waals surface area contributed by atoms with Crippen LogP contribution in [0.2, 0.25) is 0 Å². The molecule has 0 unspecified atom stereocenters. The van der Waals surface area contributed by atoms with Crippen LogP contribution in [0.3, 0.4) is 0 Å². The third kappa shape index (κ3) is 1.97. The highest BCUT2D eigenvalue weighted by atomic mass is 19.4. The molecule has 2 aromatic heterocycles. The van der Waals surface area contributed by atoms with Gasteiger partial charge in [0.1, 0.15) is 0 Å². The van der Waals surface area contributed by atoms with Gasteiger partial charge >= 0.3 is 12.4 Å². The molecule has 0 saturated carbocycles. The van der Waals surface area contributed by atoms with Gasteiger partial charge in [-0.15, -0.1) is 0 Å². The molecular formula is C8H4F6N4. The fourth-order valence-electron chi connectivity index (χ4n) is 1.40. The molecular weight excluding hydrogens is 266 g/mol. The number of hydrogen-bond acceptors (Lipinski definition) is 3. The number of alkyl halides is 6. The second-order valence-electron chi connectivity index (χ2n) is 3.44. The first-order valence-electron chi connectivity index (χ1n) is 4.48. The Morgan fingerprint density at radius 2 is 1.56 bits per heavy atom. The van der Waals surface area contributed by atoms with Crippen LogP contribution in [0.15, 0.2) is 0 Å². The van der Waals surface area contributed by atoms with Gasteiger partial charge in [-0.25, -0.2) is 9.97 Å². The maximum absolute atomic E-state index is 12.6. The predicted molar refractivity (Wildman–Crippen MR) is 46.4 cm³/mol. The third-order valence-electron chi connectivity index (χ3n) is 2.12. The average molecular weight is 270 g/mol. The Morgan fingerprint density at radius 3 is 2.06 bits per heavy atom. The predicted octanol–water partition coefficient (Wildman–Crippen LogP) is 2.70. The lowest BCUT2D eigenvalue weighted by atomic mass is 10.2. The van der Waals surface area contributed by atoms with Gasteiger partial charge in [-0.05, 0) is 6.92 Å². The minimum Gasteiger partial charge on any atom is -0.280 e. The first-order chi connectivity index (χ1) is 8.10. The fraction of sp³-hybridized carbons (Fsp3) is 0.375. The number of halogens is 6. The molecule has 2 heterocycles. The number of aryl methyl sites for hydroxylation is 1. The molecule has 0 spiro atoms. The highest BCUT2D eigenvalue weighted by Gasteiger charge is 2.42. The average Bonchev–Trinajstić information content (AvgIpc) is 2.56. The summed E-state index contributed by atoms with van der Waals surface area (Å²) in [6.07, 6.45) is -10.1. The van der Waals surface area contributed by atoms with Gasteiger partial charge in [-0.2, -0.15) is 31.4 Å². The van der Waals surface area contributed by atoms with Crippen molar-refractivity contribution < 1.29 is 26.3 Å². The number of aromatic nitrogens is 4. The number of nitrogens with zero attached hydrogens (tertiary/aromatic N) is 3. The molecule has 2 rings (SSSR count). The van der Waals surface area contributed by atoms with Gasteiger partial charge in [-0.1, -0.05) is 0 Å². The number of rotatable bonds is 0. The Kier molecular flexibility index (Phi) is 2.49. The Bertz CT molecular complexity index is 596. The molecule has 0 amide bonds. The van der Waals surface area contributed by atoms with Crippen LogP contribution in [-0.4, -0.2) is 20.2 Å². The minimum absolute atomic E-state index is 0.0500. The summed E-state index contributed by atoms with van der Waals surface area (Å²) in [7, 11) is 0. The van der Waals surface area contributed by atoms with E-state index in [-0.39, 0.29) is 5.69 Å². The highest BCUT2D eigenvalue weighted by molar-refractivity contribution is 5.80. The van der Waals surface area contributed by atoms with Crippen LogP contribution in [-0.2, 0) is 12.4 Å². The standard InChI is InChI=1S/C8H4F6N4/c1-2-3-4(7(9,10)11)15-6(8(12,13)14)16-5(3)18-17-2/h1H3,(H,15,16,17,18). The second kappa shape index (κ2) is 3.56. The van der Waals surface area contributed by atoms with Gasteiger partial charge in [0.25, 0.3) is 0 Å². The molecule has 2 aromatic rings. The maximum Gasteiger partial charge on any atom is 0.451 e. The number of aromatic amines is 1. The lowest BCUT2D eigenvalue weighted by molar-refractivity contribution is -0.151. The SMILES string of the molecule is Cc1[nH]nc2nc(C(F)(F)F)nc(C(F)(F)F)c12. The van der Waals surface area contributed by atoms with Crippen molar-refractivity contribution in [3.05, 3.63) is 17.2 Å². The Labute approximate surface area is 95.0 Å². The van der Waals surface area contributed by atoms with Gasteiger partial charge in [0.15, 0.2) is 11.3 Å². The molecule has 0 bridgehead atoms. The van der Waals surface area contributed by atoms with Gasteiger partial charge < -0.3 is 0 Å². The summed E-state index contributed by atoms with van der Waals surface area (Å²) in [6, 6.07) is 0. The van der Waals surface area contributed by atoms with E-state index in [9.17, 15) is 26.3 Å². The molecule has 0 atom stereocenters. The molecule has 0 radical (unpaired) electrons. The van der Waals surface area contributed by atoms with Gasteiger partial charge in [0.05, 0.1) is 5.39 Å². The number of hydrogen-bond donors (Lipinski definition) is 1. The summed E-state index contributed by atoms with van der Waals surface area (Å²) in [5.74, 6) is -1.87. The molecule has 0 saturated heterocycles. The smallest absolute Gasteiger partial charge is 0.280 e. The summed E-state index contributed by atoms with van der Waals surface area (Å²) in [5, 5.41) is 4.88. The Morgan fingerprint density at radius 1 is 0.944 bits per heavy atom. The summed E-state index contributed by atoms with van der Waals surface area (Å²) in [6.45, 7) is 1.24. The van der Waals surface area contributed by atoms with Crippen LogP contribution < -0.4 is 0 Å². The van der Waals surface area contributed by atoms with Crippen LogP contribution in [0.4, 0.5) is 26.3 Å². The molecule has 0 aliphatic carbocycles. The normalized spacial score (nSPS) is 13.3. The Balaban J connectivity index is 2.83. The first kappa shape index (κ1) is 12.6. The van der Waals surface area contributed by atoms with Gasteiger partial charge in [-0.3, -0.25) is 5.10 Å². The quantitative estimate of drug-likeness (QED) is 0.749. The monoisotopic (exact) mass is 270 g/mol. The molecule has 0 aliphatic heterocycles. The lowest BCUT2D eigenvalue weighted by Crippen LogP contribution is -2.17. The zero-order valence-electron chi connectivity index (χ0n) is 8.61. The number of fused-ring (bicyclic) bond motifs is 1. The molecule has 18 heavy (non-hydrogen) atoms. The van der Waals surface area contributed by atoms with E-state index in [2.05, 4.69) is 20.2 Å². The Hall–Kier alpha value is -1.87. The van der Waals surface area contributed by atoms with E-state index in [0.29, 0.717) is 0 Å². The fourth-order valence-corrected chi connectivity index (χ4v) is 1.40. The van der Waals surface area contributed by atoms with Gasteiger partial charge in [0, 0.05) is 5.69 Å². The van der Waals surface area contributed by atoms with Crippen molar-refractivity contribution >= 4 is 11.0 Å². The van der Waals surface area contributed by atoms with E-state index in [1.54, 1.807) is 0 Å². The summed E-state index contributed by atoms with van der Waals surface area (Å²) >= 11 is 0. The first-order valence-corrected chi connectivity index (χ1v) is 4.48. The van der Waals surface area contributed by atoms with E-state index in [1.165, 1.54) is 6.92 Å². The van der Waals surface area contributed by atoms with Crippen LogP contribution in [0.5, 0.6) is 0 Å². The second-order valence-corrected chi connectivity index (χ2v) is 3.44. The molecule has 98 valence electrons. The topological polar surface area (TPSA) is 54.5 Å². The zero-order chi connectivity index (χ0) is 13.7. The van der Waals surface area contributed by atoms with Crippen LogP contribution >= 0.6 is 0 Å². The van der Waals surface area contributed by atoms with Crippen molar-refractivity contribution in [1.29, 1.82) is 0 Å². The maximum atomic E-state index is 12.6. The van der Waals surface area contributed by atoms with E-state index < -0.39 is 34.9 Å². The van der Waals surface area contributed by atoms with Crippen LogP contribution in [0, 0.1) is 6.92 Å². The molecule has 0 fully saturated rings. The van der Waals surface area contributed by atoms with Crippen molar-refractivity contribution in [2.24, 2.45) is 0 Å². The molecule has 0 aromatic carbocycles. The van der Waals surface area contributed by atoms with Crippen molar-refractivity contribution in [3.8, 4) is 0 Å². The van der Waals surface area contributed by atoms with Crippen LogP contribution in [0.25, 0.3) is 11.0 Å². The van der Waals surface area contributed by atoms with E-state index in [4.69, 9.17) is 0 Å². The number of nitrogens with one attached hydrogen (secondary N) is 1. The molecule has 1 N–H and O–H groups in total. The van der Waals surface area contributed by atoms with E-state index >= 15 is 0 Å². The lowest BCUT2D eigenvalue weighted by Gasteiger charge is -2.10. The highest BCUT2D eigenvalue weighted by Crippen LogP contribution is 2.36. The van der Waals surface area contributed by atoms with Crippen molar-refractivity contribution in [1.82, 2.24) is 20.2 Å². The number of H-pyrrole nitrogens is 1. The zero-order valence-corrected chi connectivity index (χ0v) is 8.61. The van der Waals surface area contributed by atoms with Crippen molar-refractivity contribution in [2.75, 3.05) is 0 Å². The third-order valence-corrected chi connectivity index (χ3v) is 2.12. The van der Waals surface area contributed by atoms with Crippen molar-refractivity contribution in [3.63, 3.8) is 0 Å². The largest absolute Gasteiger partial charge is 0.451 e. The van der Waals surface area contributed by atoms with E-state index in [1.807, 2.05) is 0 Å².